The van der Waals surface area contributed by atoms with Crippen molar-refractivity contribution in [2.75, 3.05) is 0 Å². The molecule has 1 aliphatic carbocycles. The first-order valence-electron chi connectivity index (χ1n) is 2.77. The van der Waals surface area contributed by atoms with Crippen molar-refractivity contribution >= 4 is 31.9 Å². The van der Waals surface area contributed by atoms with Crippen molar-refractivity contribution in [1.29, 1.82) is 0 Å². The highest BCUT2D eigenvalue weighted by molar-refractivity contribution is 9.12. The zero-order valence-corrected chi connectivity index (χ0v) is 8.25. The van der Waals surface area contributed by atoms with Gasteiger partial charge in [-0.05, 0) is 22.0 Å². The Balaban J connectivity index is 2.90. The minimum atomic E-state index is -0.920. The van der Waals surface area contributed by atoms with Gasteiger partial charge in [-0.25, -0.2) is 4.39 Å². The smallest absolute Gasteiger partial charge is 0.124 e. The first-order chi connectivity index (χ1) is 4.61. The fraction of sp³-hybridized carbons (Fsp3) is 0.333. The molecule has 1 atom stereocenters. The van der Waals surface area contributed by atoms with Crippen molar-refractivity contribution in [3.8, 4) is 0 Å². The summed E-state index contributed by atoms with van der Waals surface area (Å²) in [7, 11) is 0. The molecule has 1 unspecified atom stereocenters. The van der Waals surface area contributed by atoms with Crippen LogP contribution in [0.5, 0.6) is 0 Å². The fourth-order valence-electron chi connectivity index (χ4n) is 0.718. The van der Waals surface area contributed by atoms with Crippen LogP contribution in [0.2, 0.25) is 0 Å². The van der Waals surface area contributed by atoms with Gasteiger partial charge in [0.15, 0.2) is 0 Å². The maximum atomic E-state index is 12.6. The third-order valence-electron chi connectivity index (χ3n) is 1.25. The maximum absolute atomic E-state index is 12.6. The normalized spacial score (nSPS) is 26.7. The molecule has 0 radical (unpaired) electrons. The quantitative estimate of drug-likeness (QED) is 0.719. The van der Waals surface area contributed by atoms with Crippen molar-refractivity contribution in [3.63, 3.8) is 0 Å². The van der Waals surface area contributed by atoms with E-state index in [4.69, 9.17) is 5.73 Å². The van der Waals surface area contributed by atoms with E-state index in [-0.39, 0.29) is 0 Å². The fourth-order valence-corrected chi connectivity index (χ4v) is 2.03. The molecule has 0 spiro atoms. The molecule has 0 fully saturated rings. The minimum absolute atomic E-state index is 0.348. The molecule has 1 nitrogen and oxygen atoms in total. The van der Waals surface area contributed by atoms with Crippen molar-refractivity contribution < 1.29 is 4.39 Å². The lowest BCUT2D eigenvalue weighted by Crippen LogP contribution is -2.10. The summed E-state index contributed by atoms with van der Waals surface area (Å²) in [6.45, 7) is 0. The number of hydrogen-bond donors (Lipinski definition) is 1. The summed E-state index contributed by atoms with van der Waals surface area (Å²) in [4.78, 5) is 0. The summed E-state index contributed by atoms with van der Waals surface area (Å²) in [6.07, 6.45) is 0.886. The summed E-state index contributed by atoms with van der Waals surface area (Å²) in [5.74, 6) is 0. The Bertz CT molecular complexity index is 210. The van der Waals surface area contributed by atoms with Crippen LogP contribution >= 0.6 is 31.9 Å². The van der Waals surface area contributed by atoms with E-state index >= 15 is 0 Å². The van der Waals surface area contributed by atoms with Crippen LogP contribution in [0.1, 0.15) is 6.42 Å². The largest absolute Gasteiger partial charge is 0.397 e. The predicted octanol–water partition coefficient (Wildman–Crippen LogP) is 2.57. The van der Waals surface area contributed by atoms with Crippen molar-refractivity contribution in [3.05, 3.63) is 20.7 Å². The van der Waals surface area contributed by atoms with E-state index in [1.165, 1.54) is 6.08 Å². The lowest BCUT2D eigenvalue weighted by molar-refractivity contribution is 0.398. The number of halogens is 3. The van der Waals surface area contributed by atoms with Gasteiger partial charge >= 0.3 is 0 Å². The molecular formula is C6H6Br2FN. The predicted molar refractivity (Wildman–Crippen MR) is 46.7 cm³/mol. The zero-order chi connectivity index (χ0) is 7.72. The lowest BCUT2D eigenvalue weighted by Gasteiger charge is -2.13. The van der Waals surface area contributed by atoms with Crippen LogP contribution in [0.15, 0.2) is 20.7 Å². The molecule has 56 valence electrons. The van der Waals surface area contributed by atoms with E-state index in [0.717, 1.165) is 4.48 Å². The number of alkyl halides is 1. The average molecular weight is 271 g/mol. The van der Waals surface area contributed by atoms with Crippen LogP contribution in [0.25, 0.3) is 0 Å². The number of hydrogen-bond acceptors (Lipinski definition) is 1. The van der Waals surface area contributed by atoms with Gasteiger partial charge in [-0.1, -0.05) is 15.9 Å². The molecule has 1 aliphatic rings. The van der Waals surface area contributed by atoms with Gasteiger partial charge < -0.3 is 5.73 Å². The number of nitrogens with two attached hydrogens (primary N) is 1. The summed E-state index contributed by atoms with van der Waals surface area (Å²) in [5, 5.41) is 0. The van der Waals surface area contributed by atoms with Gasteiger partial charge in [0.05, 0.1) is 5.70 Å². The molecule has 0 heterocycles. The van der Waals surface area contributed by atoms with E-state index in [0.29, 0.717) is 16.6 Å². The minimum Gasteiger partial charge on any atom is -0.397 e. The van der Waals surface area contributed by atoms with Crippen LogP contribution in [-0.2, 0) is 0 Å². The van der Waals surface area contributed by atoms with Gasteiger partial charge in [0.25, 0.3) is 0 Å². The molecule has 0 aromatic heterocycles. The van der Waals surface area contributed by atoms with Gasteiger partial charge in [0.1, 0.15) is 6.17 Å². The Kier molecular flexibility index (Phi) is 2.52. The molecule has 1 rings (SSSR count). The van der Waals surface area contributed by atoms with Crippen molar-refractivity contribution in [1.82, 2.24) is 0 Å². The first-order valence-corrected chi connectivity index (χ1v) is 4.35. The molecule has 0 bridgehead atoms. The van der Waals surface area contributed by atoms with Gasteiger partial charge in [-0.2, -0.15) is 0 Å². The average Bonchev–Trinajstić information content (AvgIpc) is 1.82. The Morgan fingerprint density at radius 3 is 2.70 bits per heavy atom. The Labute approximate surface area is 75.4 Å². The molecule has 0 saturated carbocycles. The maximum Gasteiger partial charge on any atom is 0.124 e. The molecular weight excluding hydrogens is 265 g/mol. The second-order valence-corrected chi connectivity index (χ2v) is 3.86. The molecule has 0 aliphatic heterocycles. The first kappa shape index (κ1) is 8.27. The van der Waals surface area contributed by atoms with Crippen LogP contribution in [0.4, 0.5) is 4.39 Å². The number of allylic oxidation sites excluding steroid dienone is 3. The van der Waals surface area contributed by atoms with E-state index in [1.54, 1.807) is 0 Å². The van der Waals surface area contributed by atoms with Crippen LogP contribution < -0.4 is 5.73 Å². The zero-order valence-electron chi connectivity index (χ0n) is 5.07. The highest BCUT2D eigenvalue weighted by Crippen LogP contribution is 2.30. The van der Waals surface area contributed by atoms with E-state index < -0.39 is 6.17 Å². The monoisotopic (exact) mass is 269 g/mol. The third-order valence-corrected chi connectivity index (χ3v) is 2.69. The summed E-state index contributed by atoms with van der Waals surface area (Å²) in [6, 6.07) is 0. The SMILES string of the molecule is NC1=C(Br)CC(F)C=C1Br. The molecule has 0 aromatic carbocycles. The standard InChI is InChI=1S/C6H6Br2FN/c7-4-1-3(9)2-5(8)6(4)10/h1,3H,2,10H2. The van der Waals surface area contributed by atoms with Gasteiger partial charge in [-0.3, -0.25) is 0 Å². The Morgan fingerprint density at radius 2 is 2.20 bits per heavy atom. The van der Waals surface area contributed by atoms with Crippen molar-refractivity contribution in [2.24, 2.45) is 5.73 Å². The molecule has 10 heavy (non-hydrogen) atoms. The van der Waals surface area contributed by atoms with Crippen LogP contribution in [-0.4, -0.2) is 6.17 Å². The molecule has 0 saturated heterocycles. The highest BCUT2D eigenvalue weighted by Gasteiger charge is 2.16. The second kappa shape index (κ2) is 3.05. The summed E-state index contributed by atoms with van der Waals surface area (Å²) < 4.78 is 14.0. The van der Waals surface area contributed by atoms with Crippen LogP contribution in [0.3, 0.4) is 0 Å². The van der Waals surface area contributed by atoms with Gasteiger partial charge in [-0.15, -0.1) is 0 Å². The van der Waals surface area contributed by atoms with Gasteiger partial charge in [0, 0.05) is 15.4 Å². The Morgan fingerprint density at radius 1 is 1.60 bits per heavy atom. The number of rotatable bonds is 0. The summed E-state index contributed by atoms with van der Waals surface area (Å²) >= 11 is 6.32. The van der Waals surface area contributed by atoms with Gasteiger partial charge in [0.2, 0.25) is 0 Å². The Hall–Kier alpha value is 0.170. The summed E-state index contributed by atoms with van der Waals surface area (Å²) in [5.41, 5.74) is 6.13. The van der Waals surface area contributed by atoms with E-state index in [2.05, 4.69) is 31.9 Å². The van der Waals surface area contributed by atoms with E-state index in [1.807, 2.05) is 0 Å². The van der Waals surface area contributed by atoms with E-state index in [9.17, 15) is 4.39 Å². The molecule has 0 aromatic rings. The third kappa shape index (κ3) is 1.61. The van der Waals surface area contributed by atoms with Crippen molar-refractivity contribution in [2.45, 2.75) is 12.6 Å². The second-order valence-electron chi connectivity index (χ2n) is 2.05. The van der Waals surface area contributed by atoms with Crippen LogP contribution in [0, 0.1) is 0 Å². The molecule has 0 amide bonds. The lowest BCUT2D eigenvalue weighted by atomic mass is 10.1. The highest BCUT2D eigenvalue weighted by atomic mass is 79.9. The topological polar surface area (TPSA) is 26.0 Å². The molecule has 2 N–H and O–H groups in total. The molecule has 4 heteroatoms.